The number of aliphatic hydroxyl groups is 1. The van der Waals surface area contributed by atoms with Crippen LogP contribution in [0.25, 0.3) is 0 Å². The van der Waals surface area contributed by atoms with Gasteiger partial charge in [-0.05, 0) is 34.8 Å². The van der Waals surface area contributed by atoms with Gasteiger partial charge in [-0.25, -0.2) is 0 Å². The lowest BCUT2D eigenvalue weighted by Gasteiger charge is -2.27. The SMILES string of the molecule is OCC[C@@]1(CNc2cncc(Br)c2)CCOC1. The fourth-order valence-corrected chi connectivity index (χ4v) is 2.47. The molecule has 4 nitrogen and oxygen atoms in total. The van der Waals surface area contributed by atoms with E-state index in [4.69, 9.17) is 9.84 Å². The second-order valence-electron chi connectivity index (χ2n) is 4.52. The highest BCUT2D eigenvalue weighted by atomic mass is 79.9. The summed E-state index contributed by atoms with van der Waals surface area (Å²) in [5.74, 6) is 0. The van der Waals surface area contributed by atoms with E-state index in [1.807, 2.05) is 6.07 Å². The van der Waals surface area contributed by atoms with Crippen LogP contribution >= 0.6 is 15.9 Å². The summed E-state index contributed by atoms with van der Waals surface area (Å²) < 4.78 is 6.41. The number of anilines is 1. The summed E-state index contributed by atoms with van der Waals surface area (Å²) in [7, 11) is 0. The van der Waals surface area contributed by atoms with Gasteiger partial charge in [0.25, 0.3) is 0 Å². The molecular weight excluding hydrogens is 284 g/mol. The van der Waals surface area contributed by atoms with E-state index in [-0.39, 0.29) is 12.0 Å². The quantitative estimate of drug-likeness (QED) is 0.874. The first-order valence-electron chi connectivity index (χ1n) is 5.77. The van der Waals surface area contributed by atoms with Crippen LogP contribution in [0.15, 0.2) is 22.9 Å². The Labute approximate surface area is 110 Å². The molecule has 1 saturated heterocycles. The van der Waals surface area contributed by atoms with Crippen molar-refractivity contribution in [1.82, 2.24) is 4.98 Å². The number of hydrogen-bond acceptors (Lipinski definition) is 4. The molecule has 1 fully saturated rings. The number of aliphatic hydroxyl groups excluding tert-OH is 1. The Kier molecular flexibility index (Phi) is 4.36. The summed E-state index contributed by atoms with van der Waals surface area (Å²) in [4.78, 5) is 4.11. The van der Waals surface area contributed by atoms with E-state index in [9.17, 15) is 0 Å². The largest absolute Gasteiger partial charge is 0.396 e. The van der Waals surface area contributed by atoms with Crippen molar-refractivity contribution in [2.75, 3.05) is 31.7 Å². The van der Waals surface area contributed by atoms with E-state index in [1.54, 1.807) is 12.4 Å². The zero-order valence-electron chi connectivity index (χ0n) is 9.66. The fourth-order valence-electron chi connectivity index (χ4n) is 2.11. The number of nitrogens with one attached hydrogen (secondary N) is 1. The van der Waals surface area contributed by atoms with Crippen molar-refractivity contribution >= 4 is 21.6 Å². The van der Waals surface area contributed by atoms with Crippen LogP contribution in [0.1, 0.15) is 12.8 Å². The Morgan fingerprint density at radius 1 is 1.53 bits per heavy atom. The molecule has 0 unspecified atom stereocenters. The molecule has 0 aliphatic carbocycles. The van der Waals surface area contributed by atoms with Gasteiger partial charge in [0.2, 0.25) is 0 Å². The maximum atomic E-state index is 9.13. The van der Waals surface area contributed by atoms with Crippen LogP contribution in [0.4, 0.5) is 5.69 Å². The topological polar surface area (TPSA) is 54.4 Å². The van der Waals surface area contributed by atoms with Gasteiger partial charge in [-0.2, -0.15) is 0 Å². The minimum absolute atomic E-state index is 0.0665. The van der Waals surface area contributed by atoms with Crippen molar-refractivity contribution in [3.63, 3.8) is 0 Å². The molecule has 0 saturated carbocycles. The highest BCUT2D eigenvalue weighted by Gasteiger charge is 2.34. The summed E-state index contributed by atoms with van der Waals surface area (Å²) in [5.41, 5.74) is 1.06. The third-order valence-electron chi connectivity index (χ3n) is 3.20. The predicted molar refractivity (Wildman–Crippen MR) is 70.0 cm³/mol. The summed E-state index contributed by atoms with van der Waals surface area (Å²) >= 11 is 3.39. The third-order valence-corrected chi connectivity index (χ3v) is 3.63. The van der Waals surface area contributed by atoms with Crippen LogP contribution in [0, 0.1) is 5.41 Å². The molecule has 1 aliphatic rings. The van der Waals surface area contributed by atoms with E-state index in [0.29, 0.717) is 0 Å². The van der Waals surface area contributed by atoms with Crippen LogP contribution in [0.5, 0.6) is 0 Å². The lowest BCUT2D eigenvalue weighted by Crippen LogP contribution is -2.31. The second kappa shape index (κ2) is 5.80. The number of halogens is 1. The molecule has 2 heterocycles. The molecule has 94 valence electrons. The van der Waals surface area contributed by atoms with Crippen molar-refractivity contribution in [1.29, 1.82) is 0 Å². The second-order valence-corrected chi connectivity index (χ2v) is 5.44. The Morgan fingerprint density at radius 3 is 3.06 bits per heavy atom. The van der Waals surface area contributed by atoms with E-state index in [2.05, 4.69) is 26.2 Å². The zero-order chi connectivity index (χ0) is 12.1. The molecular formula is C12H17BrN2O2. The molecule has 1 aliphatic heterocycles. The maximum Gasteiger partial charge on any atom is 0.0540 e. The first kappa shape index (κ1) is 12.8. The molecule has 1 aromatic heterocycles. The molecule has 2 N–H and O–H groups in total. The van der Waals surface area contributed by atoms with Crippen LogP contribution < -0.4 is 5.32 Å². The van der Waals surface area contributed by atoms with Gasteiger partial charge in [0.1, 0.15) is 0 Å². The van der Waals surface area contributed by atoms with Crippen LogP contribution in [0.3, 0.4) is 0 Å². The zero-order valence-corrected chi connectivity index (χ0v) is 11.2. The molecule has 1 atom stereocenters. The Balaban J connectivity index is 1.95. The minimum Gasteiger partial charge on any atom is -0.396 e. The maximum absolute atomic E-state index is 9.13. The van der Waals surface area contributed by atoms with Gasteiger partial charge in [-0.3, -0.25) is 4.98 Å². The van der Waals surface area contributed by atoms with Crippen molar-refractivity contribution in [3.8, 4) is 0 Å². The molecule has 17 heavy (non-hydrogen) atoms. The van der Waals surface area contributed by atoms with Gasteiger partial charge in [0.05, 0.1) is 18.5 Å². The highest BCUT2D eigenvalue weighted by molar-refractivity contribution is 9.10. The molecule has 0 amide bonds. The van der Waals surface area contributed by atoms with Crippen molar-refractivity contribution in [2.45, 2.75) is 12.8 Å². The first-order valence-corrected chi connectivity index (χ1v) is 6.56. The average molecular weight is 301 g/mol. The van der Waals surface area contributed by atoms with Crippen molar-refractivity contribution in [3.05, 3.63) is 22.9 Å². The van der Waals surface area contributed by atoms with Gasteiger partial charge in [0.15, 0.2) is 0 Å². The average Bonchev–Trinajstić information content (AvgIpc) is 2.76. The number of aromatic nitrogens is 1. The van der Waals surface area contributed by atoms with Gasteiger partial charge >= 0.3 is 0 Å². The third kappa shape index (κ3) is 3.40. The fraction of sp³-hybridized carbons (Fsp3) is 0.583. The Morgan fingerprint density at radius 2 is 2.41 bits per heavy atom. The molecule has 1 aromatic rings. The summed E-state index contributed by atoms with van der Waals surface area (Å²) in [6, 6.07) is 2.00. The van der Waals surface area contributed by atoms with Gasteiger partial charge in [-0.15, -0.1) is 0 Å². The molecule has 0 radical (unpaired) electrons. The van der Waals surface area contributed by atoms with Crippen molar-refractivity contribution in [2.24, 2.45) is 5.41 Å². The minimum atomic E-state index is 0.0665. The lowest BCUT2D eigenvalue weighted by molar-refractivity contribution is 0.133. The number of rotatable bonds is 5. The normalized spacial score (nSPS) is 23.9. The molecule has 2 rings (SSSR count). The van der Waals surface area contributed by atoms with Crippen LogP contribution in [-0.4, -0.2) is 36.5 Å². The number of pyridine rings is 1. The van der Waals surface area contributed by atoms with Crippen molar-refractivity contribution < 1.29 is 9.84 Å². The monoisotopic (exact) mass is 300 g/mol. The van der Waals surface area contributed by atoms with Gasteiger partial charge in [-0.1, -0.05) is 0 Å². The lowest BCUT2D eigenvalue weighted by atomic mass is 9.84. The predicted octanol–water partition coefficient (Wildman–Crippen LogP) is 2.05. The summed E-state index contributed by atoms with van der Waals surface area (Å²) in [6.07, 6.45) is 5.34. The van der Waals surface area contributed by atoms with E-state index < -0.39 is 0 Å². The van der Waals surface area contributed by atoms with E-state index >= 15 is 0 Å². The van der Waals surface area contributed by atoms with Crippen LogP contribution in [0.2, 0.25) is 0 Å². The number of hydrogen-bond donors (Lipinski definition) is 2. The highest BCUT2D eigenvalue weighted by Crippen LogP contribution is 2.32. The smallest absolute Gasteiger partial charge is 0.0540 e. The Hall–Kier alpha value is -0.650. The molecule has 0 spiro atoms. The van der Waals surface area contributed by atoms with Gasteiger partial charge in [0, 0.05) is 35.8 Å². The summed E-state index contributed by atoms with van der Waals surface area (Å²) in [5, 5.41) is 12.5. The standard InChI is InChI=1S/C12H17BrN2O2/c13-10-5-11(7-14-6-10)15-8-12(1-3-16)2-4-17-9-12/h5-7,15-16H,1-4,8-9H2/t12-/m0/s1. The van der Waals surface area contributed by atoms with E-state index in [1.165, 1.54) is 0 Å². The number of ether oxygens (including phenoxy) is 1. The van der Waals surface area contributed by atoms with Gasteiger partial charge < -0.3 is 15.2 Å². The van der Waals surface area contributed by atoms with Crippen LogP contribution in [-0.2, 0) is 4.74 Å². The Bertz CT molecular complexity index is 367. The first-order chi connectivity index (χ1) is 8.24. The number of nitrogens with zero attached hydrogens (tertiary/aromatic N) is 1. The molecule has 0 aromatic carbocycles. The molecule has 5 heteroatoms. The molecule has 0 bridgehead atoms. The van der Waals surface area contributed by atoms with E-state index in [0.717, 1.165) is 42.8 Å². The summed E-state index contributed by atoms with van der Waals surface area (Å²) in [6.45, 7) is 2.54.